The predicted octanol–water partition coefficient (Wildman–Crippen LogP) is 2.56. The van der Waals surface area contributed by atoms with Crippen molar-refractivity contribution in [2.24, 2.45) is 0 Å². The summed E-state index contributed by atoms with van der Waals surface area (Å²) in [6.07, 6.45) is 7.37. The Hall–Kier alpha value is -1.36. The number of pyridine rings is 1. The molecule has 84 valence electrons. The molecule has 5 heteroatoms. The van der Waals surface area contributed by atoms with Crippen molar-refractivity contribution in [2.45, 2.75) is 19.8 Å². The quantitative estimate of drug-likeness (QED) is 0.940. The Bertz CT molecular complexity index is 492. The Morgan fingerprint density at radius 2 is 2.25 bits per heavy atom. The van der Waals surface area contributed by atoms with E-state index in [2.05, 4.69) is 32.8 Å². The molecule has 0 aliphatic rings. The maximum Gasteiger partial charge on any atom is 0.161 e. The Labute approximate surface area is 103 Å². The highest BCUT2D eigenvalue weighted by atomic mass is 79.9. The zero-order valence-electron chi connectivity index (χ0n) is 9.02. The number of hydrogen-bond acceptors (Lipinski definition) is 3. The summed E-state index contributed by atoms with van der Waals surface area (Å²) in [5.41, 5.74) is 6.58. The van der Waals surface area contributed by atoms with Gasteiger partial charge in [-0.1, -0.05) is 6.92 Å². The normalized spacial score (nSPS) is 10.6. The van der Waals surface area contributed by atoms with E-state index in [-0.39, 0.29) is 0 Å². The van der Waals surface area contributed by atoms with Gasteiger partial charge in [0.25, 0.3) is 0 Å². The number of halogens is 1. The van der Waals surface area contributed by atoms with Crippen LogP contribution in [0.2, 0.25) is 0 Å². The summed E-state index contributed by atoms with van der Waals surface area (Å²) in [5.74, 6) is 1.73. The van der Waals surface area contributed by atoms with Gasteiger partial charge in [-0.3, -0.25) is 4.57 Å². The third-order valence-electron chi connectivity index (χ3n) is 2.28. The van der Waals surface area contributed by atoms with E-state index in [1.807, 2.05) is 16.8 Å². The number of anilines is 1. The first-order valence-electron chi connectivity index (χ1n) is 5.16. The minimum atomic E-state index is 0.643. The number of nitrogen functional groups attached to an aromatic ring is 1. The molecule has 0 aromatic carbocycles. The number of aromatic nitrogens is 3. The second-order valence-corrected chi connectivity index (χ2v) is 4.45. The first kappa shape index (κ1) is 11.1. The molecule has 0 fully saturated rings. The van der Waals surface area contributed by atoms with Crippen molar-refractivity contribution in [3.8, 4) is 5.82 Å². The molecule has 0 aliphatic carbocycles. The molecule has 2 rings (SSSR count). The summed E-state index contributed by atoms with van der Waals surface area (Å²) in [6, 6.07) is 1.85. The molecule has 4 nitrogen and oxygen atoms in total. The Balaban J connectivity index is 2.46. The van der Waals surface area contributed by atoms with E-state index < -0.39 is 0 Å². The number of nitrogens with zero attached hydrogens (tertiary/aromatic N) is 3. The summed E-state index contributed by atoms with van der Waals surface area (Å²) in [5, 5.41) is 0. The summed E-state index contributed by atoms with van der Waals surface area (Å²) in [7, 11) is 0. The van der Waals surface area contributed by atoms with Gasteiger partial charge in [-0.05, 0) is 28.4 Å². The lowest BCUT2D eigenvalue weighted by Crippen LogP contribution is -2.05. The molecule has 16 heavy (non-hydrogen) atoms. The minimum Gasteiger partial charge on any atom is -0.396 e. The molecule has 2 aromatic rings. The molecule has 0 spiro atoms. The Morgan fingerprint density at radius 3 is 2.94 bits per heavy atom. The second kappa shape index (κ2) is 4.65. The van der Waals surface area contributed by atoms with Gasteiger partial charge in [-0.25, -0.2) is 9.97 Å². The third-order valence-corrected chi connectivity index (χ3v) is 2.71. The zero-order valence-corrected chi connectivity index (χ0v) is 10.6. The van der Waals surface area contributed by atoms with Crippen molar-refractivity contribution in [2.75, 3.05) is 5.73 Å². The van der Waals surface area contributed by atoms with Crippen LogP contribution in [0, 0.1) is 0 Å². The molecule has 0 saturated heterocycles. The SMILES string of the molecule is CCCc1nccn1-c1ncc(Br)cc1N. The molecule has 0 saturated carbocycles. The first-order valence-corrected chi connectivity index (χ1v) is 5.95. The molecule has 0 amide bonds. The van der Waals surface area contributed by atoms with Gasteiger partial charge in [0.1, 0.15) is 5.82 Å². The third kappa shape index (κ3) is 2.09. The van der Waals surface area contributed by atoms with Crippen molar-refractivity contribution in [1.82, 2.24) is 14.5 Å². The van der Waals surface area contributed by atoms with Crippen molar-refractivity contribution in [3.63, 3.8) is 0 Å². The number of imidazole rings is 1. The summed E-state index contributed by atoms with van der Waals surface area (Å²) >= 11 is 3.34. The van der Waals surface area contributed by atoms with Crippen LogP contribution in [0.25, 0.3) is 5.82 Å². The van der Waals surface area contributed by atoms with E-state index in [9.17, 15) is 0 Å². The van der Waals surface area contributed by atoms with Crippen LogP contribution in [0.3, 0.4) is 0 Å². The Morgan fingerprint density at radius 1 is 1.44 bits per heavy atom. The predicted molar refractivity (Wildman–Crippen MR) is 67.5 cm³/mol. The van der Waals surface area contributed by atoms with Crippen LogP contribution in [0.5, 0.6) is 0 Å². The van der Waals surface area contributed by atoms with Crippen LogP contribution in [0.4, 0.5) is 5.69 Å². The van der Waals surface area contributed by atoms with Gasteiger partial charge in [-0.15, -0.1) is 0 Å². The van der Waals surface area contributed by atoms with E-state index in [4.69, 9.17) is 5.73 Å². The number of nitrogens with two attached hydrogens (primary N) is 1. The largest absolute Gasteiger partial charge is 0.396 e. The fourth-order valence-corrected chi connectivity index (χ4v) is 1.93. The van der Waals surface area contributed by atoms with E-state index in [0.717, 1.165) is 29.0 Å². The average Bonchev–Trinajstić information content (AvgIpc) is 2.67. The maximum absolute atomic E-state index is 5.94. The van der Waals surface area contributed by atoms with Gasteiger partial charge in [0.2, 0.25) is 0 Å². The van der Waals surface area contributed by atoms with E-state index in [1.165, 1.54) is 0 Å². The molecular weight excluding hydrogens is 268 g/mol. The monoisotopic (exact) mass is 280 g/mol. The molecular formula is C11H13BrN4. The van der Waals surface area contributed by atoms with Crippen LogP contribution in [-0.4, -0.2) is 14.5 Å². The highest BCUT2D eigenvalue weighted by Gasteiger charge is 2.08. The molecule has 2 N–H and O–H groups in total. The second-order valence-electron chi connectivity index (χ2n) is 3.53. The number of hydrogen-bond donors (Lipinski definition) is 1. The molecule has 0 aliphatic heterocycles. The van der Waals surface area contributed by atoms with Crippen molar-refractivity contribution in [1.29, 1.82) is 0 Å². The number of rotatable bonds is 3. The van der Waals surface area contributed by atoms with Gasteiger partial charge in [0, 0.05) is 29.5 Å². The highest BCUT2D eigenvalue weighted by Crippen LogP contribution is 2.20. The average molecular weight is 281 g/mol. The molecule has 2 heterocycles. The van der Waals surface area contributed by atoms with Crippen LogP contribution < -0.4 is 5.73 Å². The lowest BCUT2D eigenvalue weighted by Gasteiger charge is -2.08. The van der Waals surface area contributed by atoms with Crippen molar-refractivity contribution < 1.29 is 0 Å². The minimum absolute atomic E-state index is 0.643. The first-order chi connectivity index (χ1) is 7.72. The van der Waals surface area contributed by atoms with Gasteiger partial charge in [0.05, 0.1) is 5.69 Å². The summed E-state index contributed by atoms with van der Waals surface area (Å²) in [4.78, 5) is 8.62. The molecule has 0 radical (unpaired) electrons. The fraction of sp³-hybridized carbons (Fsp3) is 0.273. The summed E-state index contributed by atoms with van der Waals surface area (Å²) < 4.78 is 2.82. The fourth-order valence-electron chi connectivity index (χ4n) is 1.58. The lowest BCUT2D eigenvalue weighted by atomic mass is 10.3. The van der Waals surface area contributed by atoms with Crippen molar-refractivity contribution in [3.05, 3.63) is 35.0 Å². The standard InChI is InChI=1S/C11H13BrN4/c1-2-3-10-14-4-5-16(10)11-9(13)6-8(12)7-15-11/h4-7H,2-3,13H2,1H3. The van der Waals surface area contributed by atoms with Crippen LogP contribution in [-0.2, 0) is 6.42 Å². The van der Waals surface area contributed by atoms with E-state index in [0.29, 0.717) is 5.69 Å². The van der Waals surface area contributed by atoms with Gasteiger partial charge >= 0.3 is 0 Å². The lowest BCUT2D eigenvalue weighted by molar-refractivity contribution is 0.799. The Kier molecular flexibility index (Phi) is 3.24. The molecule has 0 unspecified atom stereocenters. The molecule has 2 aromatic heterocycles. The van der Waals surface area contributed by atoms with E-state index >= 15 is 0 Å². The smallest absolute Gasteiger partial charge is 0.161 e. The zero-order chi connectivity index (χ0) is 11.5. The van der Waals surface area contributed by atoms with Gasteiger partial charge < -0.3 is 5.73 Å². The maximum atomic E-state index is 5.94. The van der Waals surface area contributed by atoms with Gasteiger partial charge in [-0.2, -0.15) is 0 Å². The van der Waals surface area contributed by atoms with Gasteiger partial charge in [0.15, 0.2) is 5.82 Å². The highest BCUT2D eigenvalue weighted by molar-refractivity contribution is 9.10. The van der Waals surface area contributed by atoms with Crippen molar-refractivity contribution >= 4 is 21.6 Å². The van der Waals surface area contributed by atoms with Crippen LogP contribution in [0.15, 0.2) is 29.1 Å². The summed E-state index contributed by atoms with van der Waals surface area (Å²) in [6.45, 7) is 2.12. The topological polar surface area (TPSA) is 56.7 Å². The number of aryl methyl sites for hydroxylation is 1. The van der Waals surface area contributed by atoms with Crippen LogP contribution >= 0.6 is 15.9 Å². The van der Waals surface area contributed by atoms with E-state index in [1.54, 1.807) is 12.4 Å². The van der Waals surface area contributed by atoms with Crippen LogP contribution in [0.1, 0.15) is 19.2 Å². The molecule has 0 bridgehead atoms. The molecule has 0 atom stereocenters.